The number of thioether (sulfide) groups is 1. The molecule has 6 nitrogen and oxygen atoms in total. The average molecular weight is 417 g/mol. The molecule has 0 spiro atoms. The molecule has 1 amide bonds. The van der Waals surface area contributed by atoms with E-state index < -0.39 is 15.7 Å². The van der Waals surface area contributed by atoms with E-state index in [0.717, 1.165) is 11.3 Å². The van der Waals surface area contributed by atoms with E-state index in [-0.39, 0.29) is 29.4 Å². The molecule has 2 saturated heterocycles. The number of ether oxygens (including phenoxy) is 1. The number of carbonyl (C=O) groups excluding carboxylic acids is 1. The highest BCUT2D eigenvalue weighted by Gasteiger charge is 2.49. The van der Waals surface area contributed by atoms with Crippen molar-refractivity contribution in [3.63, 3.8) is 0 Å². The Bertz CT molecular complexity index is 1020. The number of aliphatic imine (C=N–C) groups is 1. The normalized spacial score (nSPS) is 24.3. The summed E-state index contributed by atoms with van der Waals surface area (Å²) in [6.45, 7) is 1.81. The first-order valence-electron chi connectivity index (χ1n) is 8.94. The molecule has 2 fully saturated rings. The van der Waals surface area contributed by atoms with Gasteiger partial charge in [-0.1, -0.05) is 42.1 Å². The number of sulfone groups is 1. The molecule has 8 heteroatoms. The van der Waals surface area contributed by atoms with E-state index in [2.05, 4.69) is 4.99 Å². The van der Waals surface area contributed by atoms with Gasteiger partial charge in [0.1, 0.15) is 5.75 Å². The number of nitrogens with zero attached hydrogens (tertiary/aromatic N) is 2. The summed E-state index contributed by atoms with van der Waals surface area (Å²) in [7, 11) is -3.08. The lowest BCUT2D eigenvalue weighted by Crippen LogP contribution is -2.37. The number of amides is 1. The van der Waals surface area contributed by atoms with Gasteiger partial charge in [-0.25, -0.2) is 8.42 Å². The molecule has 0 radical (unpaired) electrons. The first-order chi connectivity index (χ1) is 13.4. The minimum atomic E-state index is -3.08. The Balaban J connectivity index is 1.58. The molecule has 2 aliphatic heterocycles. The lowest BCUT2D eigenvalue weighted by molar-refractivity contribution is -0.119. The van der Waals surface area contributed by atoms with Crippen molar-refractivity contribution in [1.82, 2.24) is 0 Å². The summed E-state index contributed by atoms with van der Waals surface area (Å²) in [5, 5.41) is 0.421. The van der Waals surface area contributed by atoms with Gasteiger partial charge in [0.2, 0.25) is 0 Å². The Morgan fingerprint density at radius 2 is 1.96 bits per heavy atom. The van der Waals surface area contributed by atoms with Crippen LogP contribution < -0.4 is 9.64 Å². The first kappa shape index (κ1) is 19.0. The highest BCUT2D eigenvalue weighted by molar-refractivity contribution is 8.16. The van der Waals surface area contributed by atoms with Crippen molar-refractivity contribution in [2.75, 3.05) is 23.0 Å². The molecule has 2 atom stereocenters. The number of amidine groups is 1. The molecule has 28 heavy (non-hydrogen) atoms. The van der Waals surface area contributed by atoms with Gasteiger partial charge in [-0.15, -0.1) is 0 Å². The van der Waals surface area contributed by atoms with Crippen molar-refractivity contribution in [3.05, 3.63) is 60.2 Å². The fraction of sp³-hybridized carbons (Fsp3) is 0.300. The van der Waals surface area contributed by atoms with Crippen LogP contribution in [0.3, 0.4) is 0 Å². The second-order valence-electron chi connectivity index (χ2n) is 6.90. The third-order valence-electron chi connectivity index (χ3n) is 4.67. The molecule has 0 unspecified atom stereocenters. The molecular weight excluding hydrogens is 396 g/mol. The van der Waals surface area contributed by atoms with Gasteiger partial charge in [-0.3, -0.25) is 4.79 Å². The number of benzene rings is 2. The van der Waals surface area contributed by atoms with Gasteiger partial charge >= 0.3 is 0 Å². The number of rotatable bonds is 4. The van der Waals surface area contributed by atoms with Crippen LogP contribution in [0.5, 0.6) is 5.75 Å². The van der Waals surface area contributed by atoms with Crippen LogP contribution in [0, 0.1) is 6.92 Å². The Kier molecular flexibility index (Phi) is 5.16. The Morgan fingerprint density at radius 1 is 1.18 bits per heavy atom. The Morgan fingerprint density at radius 3 is 2.71 bits per heavy atom. The number of para-hydroxylation sites is 1. The van der Waals surface area contributed by atoms with E-state index in [1.165, 1.54) is 11.8 Å². The molecule has 2 aliphatic rings. The average Bonchev–Trinajstić information content (AvgIpc) is 3.11. The maximum Gasteiger partial charge on any atom is 0.285 e. The molecule has 0 bridgehead atoms. The summed E-state index contributed by atoms with van der Waals surface area (Å²) in [6.07, 6.45) is 0. The van der Waals surface area contributed by atoms with Crippen LogP contribution in [0.25, 0.3) is 0 Å². The quantitative estimate of drug-likeness (QED) is 0.763. The second-order valence-corrected chi connectivity index (χ2v) is 10.3. The lowest BCUT2D eigenvalue weighted by Gasteiger charge is -2.24. The molecular formula is C20H20N2O4S2. The van der Waals surface area contributed by atoms with Gasteiger partial charge in [0.25, 0.3) is 5.91 Å². The minimum absolute atomic E-state index is 0.0757. The van der Waals surface area contributed by atoms with Crippen LogP contribution in [0.2, 0.25) is 0 Å². The molecule has 0 aliphatic carbocycles. The Hall–Kier alpha value is -2.32. The summed E-state index contributed by atoms with van der Waals surface area (Å²) < 4.78 is 29.7. The van der Waals surface area contributed by atoms with E-state index in [4.69, 9.17) is 4.74 Å². The van der Waals surface area contributed by atoms with Gasteiger partial charge in [0.05, 0.1) is 17.5 Å². The largest absolute Gasteiger partial charge is 0.484 e. The number of hydrogen-bond acceptors (Lipinski definition) is 5. The standard InChI is InChI=1S/C20H20N2O4S2/c1-14-6-5-7-15(10-14)22-17-12-28(24,25)13-18(17)27-20(22)21-19(23)11-26-16-8-3-2-4-9-16/h2-10,17-18H,11-13H2,1H3/t17-,18+/m0/s1. The van der Waals surface area contributed by atoms with Crippen LogP contribution in [0.4, 0.5) is 5.69 Å². The summed E-state index contributed by atoms with van der Waals surface area (Å²) in [4.78, 5) is 18.5. The zero-order chi connectivity index (χ0) is 19.7. The van der Waals surface area contributed by atoms with E-state index >= 15 is 0 Å². The van der Waals surface area contributed by atoms with Gasteiger partial charge in [0, 0.05) is 10.9 Å². The number of hydrogen-bond donors (Lipinski definition) is 0. The number of carbonyl (C=O) groups is 1. The van der Waals surface area contributed by atoms with Crippen molar-refractivity contribution in [2.45, 2.75) is 18.2 Å². The molecule has 146 valence electrons. The topological polar surface area (TPSA) is 76.0 Å². The molecule has 0 saturated carbocycles. The zero-order valence-corrected chi connectivity index (χ0v) is 16.9. The van der Waals surface area contributed by atoms with E-state index in [0.29, 0.717) is 10.9 Å². The summed E-state index contributed by atoms with van der Waals surface area (Å²) in [5.74, 6) is 0.394. The summed E-state index contributed by atoms with van der Waals surface area (Å²) in [6, 6.07) is 16.7. The summed E-state index contributed by atoms with van der Waals surface area (Å²) in [5.41, 5.74) is 1.91. The van der Waals surface area contributed by atoms with E-state index in [1.54, 1.807) is 12.1 Å². The van der Waals surface area contributed by atoms with Gasteiger partial charge in [0.15, 0.2) is 21.6 Å². The second kappa shape index (κ2) is 7.60. The molecule has 0 aromatic heterocycles. The highest BCUT2D eigenvalue weighted by atomic mass is 32.2. The van der Waals surface area contributed by atoms with Crippen molar-refractivity contribution < 1.29 is 17.9 Å². The highest BCUT2D eigenvalue weighted by Crippen LogP contribution is 2.41. The van der Waals surface area contributed by atoms with Gasteiger partial charge in [-0.05, 0) is 36.8 Å². The first-order valence-corrected chi connectivity index (χ1v) is 11.6. The van der Waals surface area contributed by atoms with Crippen molar-refractivity contribution in [1.29, 1.82) is 0 Å². The SMILES string of the molecule is Cc1cccc(N2C(=NC(=O)COc3ccccc3)S[C@@H]3CS(=O)(=O)C[C@@H]32)c1. The van der Waals surface area contributed by atoms with E-state index in [9.17, 15) is 13.2 Å². The monoisotopic (exact) mass is 416 g/mol. The predicted octanol–water partition coefficient (Wildman–Crippen LogP) is 2.68. The predicted molar refractivity (Wildman–Crippen MR) is 112 cm³/mol. The van der Waals surface area contributed by atoms with Crippen molar-refractivity contribution >= 4 is 38.4 Å². The molecule has 2 aromatic rings. The lowest BCUT2D eigenvalue weighted by atomic mass is 10.1. The molecule has 0 N–H and O–H groups in total. The van der Waals surface area contributed by atoms with Crippen LogP contribution in [-0.2, 0) is 14.6 Å². The van der Waals surface area contributed by atoms with E-state index in [1.807, 2.05) is 54.3 Å². The number of fused-ring (bicyclic) bond motifs is 1. The smallest absolute Gasteiger partial charge is 0.285 e. The number of anilines is 1. The van der Waals surface area contributed by atoms with Crippen molar-refractivity contribution in [2.24, 2.45) is 4.99 Å². The maximum absolute atomic E-state index is 12.4. The third-order valence-corrected chi connectivity index (χ3v) is 7.88. The van der Waals surface area contributed by atoms with Crippen LogP contribution in [-0.4, -0.2) is 48.9 Å². The number of aryl methyl sites for hydroxylation is 1. The summed E-state index contributed by atoms with van der Waals surface area (Å²) >= 11 is 1.36. The van der Waals surface area contributed by atoms with Crippen molar-refractivity contribution in [3.8, 4) is 5.75 Å². The van der Waals surface area contributed by atoms with Crippen LogP contribution in [0.1, 0.15) is 5.56 Å². The van der Waals surface area contributed by atoms with Crippen LogP contribution >= 0.6 is 11.8 Å². The van der Waals surface area contributed by atoms with Gasteiger partial charge in [-0.2, -0.15) is 4.99 Å². The molecule has 2 heterocycles. The zero-order valence-electron chi connectivity index (χ0n) is 15.3. The molecule has 4 rings (SSSR count). The van der Waals surface area contributed by atoms with Crippen LogP contribution in [0.15, 0.2) is 59.6 Å². The maximum atomic E-state index is 12.4. The Labute approximate surface area is 168 Å². The fourth-order valence-corrected chi connectivity index (χ4v) is 7.38. The minimum Gasteiger partial charge on any atom is -0.484 e. The third kappa shape index (κ3) is 4.07. The fourth-order valence-electron chi connectivity index (χ4n) is 3.44. The van der Waals surface area contributed by atoms with Gasteiger partial charge < -0.3 is 9.64 Å². The molecule has 2 aromatic carbocycles.